The number of aryl methyl sites for hydroxylation is 2. The van der Waals surface area contributed by atoms with Crippen LogP contribution in [0.25, 0.3) is 0 Å². The van der Waals surface area contributed by atoms with E-state index >= 15 is 0 Å². The lowest BCUT2D eigenvalue weighted by molar-refractivity contribution is -0.384. The molecule has 10 nitrogen and oxygen atoms in total. The summed E-state index contributed by atoms with van der Waals surface area (Å²) in [5, 5.41) is 22.1. The largest absolute Gasteiger partial charge is 0.493 e. The van der Waals surface area contributed by atoms with Gasteiger partial charge in [0, 0.05) is 6.07 Å². The summed E-state index contributed by atoms with van der Waals surface area (Å²) in [6, 6.07) is 8.67. The van der Waals surface area contributed by atoms with E-state index in [2.05, 4.69) is 15.5 Å². The Labute approximate surface area is 188 Å². The molecule has 0 unspecified atom stereocenters. The van der Waals surface area contributed by atoms with Gasteiger partial charge < -0.3 is 19.2 Å². The van der Waals surface area contributed by atoms with Crippen molar-refractivity contribution in [2.75, 3.05) is 25.3 Å². The minimum absolute atomic E-state index is 0.0392. The maximum absolute atomic E-state index is 12.4. The van der Waals surface area contributed by atoms with Crippen LogP contribution in [0, 0.1) is 24.0 Å². The van der Waals surface area contributed by atoms with Crippen LogP contribution in [-0.2, 0) is 11.2 Å². The average Bonchev–Trinajstić information content (AvgIpc) is 3.21. The van der Waals surface area contributed by atoms with E-state index in [9.17, 15) is 14.9 Å². The van der Waals surface area contributed by atoms with Gasteiger partial charge >= 0.3 is 0 Å². The Morgan fingerprint density at radius 2 is 1.91 bits per heavy atom. The number of anilines is 1. The molecule has 32 heavy (non-hydrogen) atoms. The molecule has 0 fully saturated rings. The van der Waals surface area contributed by atoms with Gasteiger partial charge in [0.2, 0.25) is 11.8 Å². The van der Waals surface area contributed by atoms with Gasteiger partial charge in [-0.05, 0) is 42.7 Å². The van der Waals surface area contributed by atoms with E-state index in [0.717, 1.165) is 22.9 Å². The highest BCUT2D eigenvalue weighted by molar-refractivity contribution is 7.99. The number of hydrogen-bond acceptors (Lipinski definition) is 9. The zero-order valence-electron chi connectivity index (χ0n) is 18.0. The Morgan fingerprint density at radius 3 is 2.59 bits per heavy atom. The predicted molar refractivity (Wildman–Crippen MR) is 119 cm³/mol. The third kappa shape index (κ3) is 5.55. The van der Waals surface area contributed by atoms with E-state index in [1.54, 1.807) is 40.2 Å². The molecule has 0 bridgehead atoms. The van der Waals surface area contributed by atoms with Crippen molar-refractivity contribution >= 4 is 29.0 Å². The minimum atomic E-state index is -0.513. The third-order valence-corrected chi connectivity index (χ3v) is 5.32. The van der Waals surface area contributed by atoms with Gasteiger partial charge in [0.15, 0.2) is 11.5 Å². The lowest BCUT2D eigenvalue weighted by Crippen LogP contribution is -2.16. The number of hydrogen-bond donors (Lipinski definition) is 1. The summed E-state index contributed by atoms with van der Waals surface area (Å²) < 4.78 is 16.1. The van der Waals surface area contributed by atoms with E-state index in [4.69, 9.17) is 13.9 Å². The van der Waals surface area contributed by atoms with Crippen molar-refractivity contribution in [1.29, 1.82) is 0 Å². The minimum Gasteiger partial charge on any atom is -0.493 e. The zero-order chi connectivity index (χ0) is 23.3. The Balaban J connectivity index is 1.61. The Kier molecular flexibility index (Phi) is 7.31. The van der Waals surface area contributed by atoms with Gasteiger partial charge in [-0.15, -0.1) is 10.2 Å². The first kappa shape index (κ1) is 23.1. The zero-order valence-corrected chi connectivity index (χ0v) is 18.8. The SMILES string of the molecule is COc1ccc(Cc2nnc(SCC(=O)Nc3c(C)cc(C)cc3[N+](=O)[O-])o2)cc1OC. The summed E-state index contributed by atoms with van der Waals surface area (Å²) in [5.74, 6) is 1.14. The fraction of sp³-hybridized carbons (Fsp3) is 0.286. The molecule has 1 amide bonds. The maximum Gasteiger partial charge on any atom is 0.293 e. The Hall–Kier alpha value is -3.60. The molecule has 0 radical (unpaired) electrons. The van der Waals surface area contributed by atoms with Gasteiger partial charge in [-0.3, -0.25) is 14.9 Å². The first-order valence-corrected chi connectivity index (χ1v) is 10.5. The highest BCUT2D eigenvalue weighted by Crippen LogP contribution is 2.31. The quantitative estimate of drug-likeness (QED) is 0.288. The fourth-order valence-corrected chi connectivity index (χ4v) is 3.67. The number of ether oxygens (including phenoxy) is 2. The van der Waals surface area contributed by atoms with Gasteiger partial charge in [-0.2, -0.15) is 0 Å². The van der Waals surface area contributed by atoms with Crippen LogP contribution in [0.1, 0.15) is 22.6 Å². The first-order valence-electron chi connectivity index (χ1n) is 9.52. The molecule has 0 saturated heterocycles. The summed E-state index contributed by atoms with van der Waals surface area (Å²) in [6.07, 6.45) is 0.384. The van der Waals surface area contributed by atoms with Gasteiger partial charge in [0.05, 0.1) is 31.3 Å². The summed E-state index contributed by atoms with van der Waals surface area (Å²) in [6.45, 7) is 3.47. The molecule has 168 valence electrons. The monoisotopic (exact) mass is 458 g/mol. The number of thioether (sulfide) groups is 1. The van der Waals surface area contributed by atoms with Crippen molar-refractivity contribution in [2.45, 2.75) is 25.5 Å². The van der Waals surface area contributed by atoms with Gasteiger partial charge in [0.1, 0.15) is 5.69 Å². The van der Waals surface area contributed by atoms with Gasteiger partial charge in [0.25, 0.3) is 10.9 Å². The molecule has 0 aliphatic carbocycles. The van der Waals surface area contributed by atoms with Crippen molar-refractivity contribution in [2.24, 2.45) is 0 Å². The normalized spacial score (nSPS) is 10.6. The molecule has 1 N–H and O–H groups in total. The fourth-order valence-electron chi connectivity index (χ4n) is 3.09. The summed E-state index contributed by atoms with van der Waals surface area (Å²) in [4.78, 5) is 23.2. The number of rotatable bonds is 9. The lowest BCUT2D eigenvalue weighted by atomic mass is 10.1. The van der Waals surface area contributed by atoms with Gasteiger partial charge in [-0.1, -0.05) is 23.9 Å². The van der Waals surface area contributed by atoms with Crippen LogP contribution in [0.2, 0.25) is 0 Å². The molecule has 0 saturated carbocycles. The van der Waals surface area contributed by atoms with E-state index < -0.39 is 10.8 Å². The molecule has 3 rings (SSSR count). The molecule has 0 atom stereocenters. The van der Waals surface area contributed by atoms with E-state index in [1.807, 2.05) is 12.1 Å². The number of nitrogens with one attached hydrogen (secondary N) is 1. The Morgan fingerprint density at radius 1 is 1.16 bits per heavy atom. The topological polar surface area (TPSA) is 130 Å². The number of aromatic nitrogens is 2. The highest BCUT2D eigenvalue weighted by atomic mass is 32.2. The lowest BCUT2D eigenvalue weighted by Gasteiger charge is -2.09. The number of amides is 1. The molecule has 0 spiro atoms. The van der Waals surface area contributed by atoms with Crippen LogP contribution in [0.4, 0.5) is 11.4 Å². The highest BCUT2D eigenvalue weighted by Gasteiger charge is 2.20. The van der Waals surface area contributed by atoms with E-state index in [1.165, 1.54) is 6.07 Å². The summed E-state index contributed by atoms with van der Waals surface area (Å²) in [7, 11) is 3.12. The number of nitro benzene ring substituents is 1. The number of carbonyl (C=O) groups excluding carboxylic acids is 1. The van der Waals surface area contributed by atoms with E-state index in [-0.39, 0.29) is 22.4 Å². The van der Waals surface area contributed by atoms with Crippen molar-refractivity contribution in [1.82, 2.24) is 10.2 Å². The molecule has 11 heteroatoms. The van der Waals surface area contributed by atoms with Crippen LogP contribution in [-0.4, -0.2) is 41.0 Å². The second-order valence-corrected chi connectivity index (χ2v) is 7.82. The smallest absolute Gasteiger partial charge is 0.293 e. The molecular formula is C21H22N4O6S. The third-order valence-electron chi connectivity index (χ3n) is 4.50. The second-order valence-electron chi connectivity index (χ2n) is 6.90. The van der Waals surface area contributed by atoms with Crippen LogP contribution in [0.15, 0.2) is 40.0 Å². The molecule has 1 heterocycles. The van der Waals surface area contributed by atoms with Crippen LogP contribution in [0.3, 0.4) is 0 Å². The second kappa shape index (κ2) is 10.1. The number of carbonyl (C=O) groups is 1. The van der Waals surface area contributed by atoms with Crippen molar-refractivity contribution in [3.63, 3.8) is 0 Å². The standard InChI is InChI=1S/C21H22N4O6S/c1-12-7-13(2)20(15(8-12)25(27)28)22-18(26)11-32-21-24-23-19(31-21)10-14-5-6-16(29-3)17(9-14)30-4/h5-9H,10-11H2,1-4H3,(H,22,26). The Bertz CT molecular complexity index is 1150. The van der Waals surface area contributed by atoms with Crippen molar-refractivity contribution < 1.29 is 23.6 Å². The molecule has 0 aliphatic heterocycles. The molecule has 0 aliphatic rings. The average molecular weight is 458 g/mol. The molecule has 1 aromatic heterocycles. The summed E-state index contributed by atoms with van der Waals surface area (Å²) in [5.41, 5.74) is 2.30. The maximum atomic E-state index is 12.4. The number of nitro groups is 1. The van der Waals surface area contributed by atoms with Crippen molar-refractivity contribution in [3.05, 3.63) is 63.0 Å². The van der Waals surface area contributed by atoms with Gasteiger partial charge in [-0.25, -0.2) is 0 Å². The number of methoxy groups -OCH3 is 2. The predicted octanol–water partition coefficient (Wildman–Crippen LogP) is 3.93. The van der Waals surface area contributed by atoms with Crippen LogP contribution in [0.5, 0.6) is 11.5 Å². The summed E-state index contributed by atoms with van der Waals surface area (Å²) >= 11 is 1.05. The molecular weight excluding hydrogens is 436 g/mol. The van der Waals surface area contributed by atoms with Crippen LogP contribution < -0.4 is 14.8 Å². The molecule has 2 aromatic carbocycles. The number of nitrogens with zero attached hydrogens (tertiary/aromatic N) is 3. The number of benzene rings is 2. The van der Waals surface area contributed by atoms with E-state index in [0.29, 0.717) is 29.4 Å². The first-order chi connectivity index (χ1) is 15.3. The molecule has 3 aromatic rings. The van der Waals surface area contributed by atoms with Crippen molar-refractivity contribution in [3.8, 4) is 11.5 Å². The van der Waals surface area contributed by atoms with Crippen LogP contribution >= 0.6 is 11.8 Å².